The third-order valence-electron chi connectivity index (χ3n) is 3.90. The number of aliphatic hydroxyl groups is 1. The Morgan fingerprint density at radius 1 is 1.15 bits per heavy atom. The quantitative estimate of drug-likeness (QED) is 0.749. The Kier molecular flexibility index (Phi) is 7.48. The molecule has 0 aliphatic carbocycles. The number of hydrogen-bond acceptors (Lipinski definition) is 4. The van der Waals surface area contributed by atoms with E-state index in [9.17, 15) is 9.90 Å². The van der Waals surface area contributed by atoms with Crippen LogP contribution >= 0.6 is 0 Å². The Hall–Kier alpha value is -2.53. The van der Waals surface area contributed by atoms with Gasteiger partial charge in [0.05, 0.1) is 26.2 Å². The summed E-state index contributed by atoms with van der Waals surface area (Å²) < 4.78 is 11.0. The highest BCUT2D eigenvalue weighted by Gasteiger charge is 2.16. The topological polar surface area (TPSA) is 59.0 Å². The Morgan fingerprint density at radius 2 is 1.92 bits per heavy atom. The molecule has 0 saturated carbocycles. The van der Waals surface area contributed by atoms with Crippen LogP contribution in [0.2, 0.25) is 0 Å². The van der Waals surface area contributed by atoms with Crippen LogP contribution in [0.4, 0.5) is 0 Å². The number of amides is 1. The van der Waals surface area contributed by atoms with Crippen molar-refractivity contribution in [3.8, 4) is 11.5 Å². The fourth-order valence-corrected chi connectivity index (χ4v) is 2.74. The molecule has 1 N–H and O–H groups in total. The number of rotatable bonds is 9. The summed E-state index contributed by atoms with van der Waals surface area (Å²) in [5, 5.41) is 9.35. The third kappa shape index (κ3) is 5.77. The molecule has 0 fully saturated rings. The molecule has 5 nitrogen and oxygen atoms in total. The molecule has 26 heavy (non-hydrogen) atoms. The van der Waals surface area contributed by atoms with Crippen molar-refractivity contribution in [1.82, 2.24) is 4.90 Å². The molecule has 0 aliphatic heterocycles. The summed E-state index contributed by atoms with van der Waals surface area (Å²) in [6, 6.07) is 15.2. The number of nitrogens with zero attached hydrogens (tertiary/aromatic N) is 1. The Morgan fingerprint density at radius 3 is 2.62 bits per heavy atom. The number of hydrogen-bond donors (Lipinski definition) is 1. The zero-order chi connectivity index (χ0) is 18.9. The van der Waals surface area contributed by atoms with Gasteiger partial charge in [-0.15, -0.1) is 0 Å². The van der Waals surface area contributed by atoms with Gasteiger partial charge in [-0.3, -0.25) is 4.79 Å². The Bertz CT molecular complexity index is 715. The van der Waals surface area contributed by atoms with Crippen LogP contribution in [0, 0.1) is 0 Å². The van der Waals surface area contributed by atoms with Gasteiger partial charge in [0.2, 0.25) is 5.91 Å². The van der Waals surface area contributed by atoms with E-state index in [-0.39, 0.29) is 31.6 Å². The van der Waals surface area contributed by atoms with Crippen molar-refractivity contribution in [1.29, 1.82) is 0 Å². The first-order valence-electron chi connectivity index (χ1n) is 8.79. The molecule has 5 heteroatoms. The van der Waals surface area contributed by atoms with Crippen LogP contribution in [0.1, 0.15) is 25.0 Å². The van der Waals surface area contributed by atoms with Gasteiger partial charge in [0.1, 0.15) is 11.5 Å². The molecule has 2 rings (SSSR count). The van der Waals surface area contributed by atoms with Crippen molar-refractivity contribution in [3.05, 3.63) is 59.7 Å². The van der Waals surface area contributed by atoms with E-state index in [1.165, 1.54) is 0 Å². The lowest BCUT2D eigenvalue weighted by Crippen LogP contribution is -2.34. The Balaban J connectivity index is 2.11. The lowest BCUT2D eigenvalue weighted by Gasteiger charge is -2.23. The van der Waals surface area contributed by atoms with Crippen molar-refractivity contribution in [2.75, 3.05) is 20.3 Å². The van der Waals surface area contributed by atoms with E-state index in [0.29, 0.717) is 6.54 Å². The van der Waals surface area contributed by atoms with Crippen LogP contribution in [0.15, 0.2) is 48.5 Å². The van der Waals surface area contributed by atoms with Crippen molar-refractivity contribution in [3.63, 3.8) is 0 Å². The standard InChI is InChI=1S/C21H27NO4/c1-16(2)26-19-9-6-7-17(13-19)14-21(24)22(11-12-23)15-18-8-4-5-10-20(18)25-3/h4-10,13,16,23H,11-12,14-15H2,1-3H3. The van der Waals surface area contributed by atoms with Crippen molar-refractivity contribution < 1.29 is 19.4 Å². The summed E-state index contributed by atoms with van der Waals surface area (Å²) >= 11 is 0. The summed E-state index contributed by atoms with van der Waals surface area (Å²) in [6.45, 7) is 4.52. The lowest BCUT2D eigenvalue weighted by atomic mass is 10.1. The first-order chi connectivity index (χ1) is 12.5. The van der Waals surface area contributed by atoms with Gasteiger partial charge in [-0.05, 0) is 37.6 Å². The van der Waals surface area contributed by atoms with Gasteiger partial charge in [-0.25, -0.2) is 0 Å². The fourth-order valence-electron chi connectivity index (χ4n) is 2.74. The van der Waals surface area contributed by atoms with Crippen LogP contribution in [0.3, 0.4) is 0 Å². The highest BCUT2D eigenvalue weighted by molar-refractivity contribution is 5.79. The molecule has 0 aromatic heterocycles. The summed E-state index contributed by atoms with van der Waals surface area (Å²) in [7, 11) is 1.61. The van der Waals surface area contributed by atoms with E-state index in [4.69, 9.17) is 9.47 Å². The largest absolute Gasteiger partial charge is 0.496 e. The second-order valence-electron chi connectivity index (χ2n) is 6.34. The van der Waals surface area contributed by atoms with Gasteiger partial charge in [-0.2, -0.15) is 0 Å². The zero-order valence-electron chi connectivity index (χ0n) is 15.6. The van der Waals surface area contributed by atoms with E-state index >= 15 is 0 Å². The molecule has 0 radical (unpaired) electrons. The van der Waals surface area contributed by atoms with Crippen LogP contribution in [0.5, 0.6) is 11.5 Å². The molecule has 140 valence electrons. The summed E-state index contributed by atoms with van der Waals surface area (Å²) in [4.78, 5) is 14.4. The zero-order valence-corrected chi connectivity index (χ0v) is 15.6. The summed E-state index contributed by atoms with van der Waals surface area (Å²) in [5.74, 6) is 1.44. The molecule has 0 unspecified atom stereocenters. The fraction of sp³-hybridized carbons (Fsp3) is 0.381. The van der Waals surface area contributed by atoms with Crippen LogP contribution in [0.25, 0.3) is 0 Å². The SMILES string of the molecule is COc1ccccc1CN(CCO)C(=O)Cc1cccc(OC(C)C)c1. The summed E-state index contributed by atoms with van der Waals surface area (Å²) in [6.07, 6.45) is 0.335. The number of methoxy groups -OCH3 is 1. The molecule has 0 bridgehead atoms. The third-order valence-corrected chi connectivity index (χ3v) is 3.90. The molecule has 0 heterocycles. The minimum absolute atomic E-state index is 0.0494. The van der Waals surface area contributed by atoms with Gasteiger partial charge in [0.15, 0.2) is 0 Å². The summed E-state index contributed by atoms with van der Waals surface area (Å²) in [5.41, 5.74) is 1.80. The maximum absolute atomic E-state index is 12.8. The van der Waals surface area contributed by atoms with Crippen LogP contribution in [-0.4, -0.2) is 42.3 Å². The molecule has 0 saturated heterocycles. The lowest BCUT2D eigenvalue weighted by molar-refractivity contribution is -0.131. The number of ether oxygens (including phenoxy) is 2. The van der Waals surface area contributed by atoms with Crippen LogP contribution in [-0.2, 0) is 17.8 Å². The first-order valence-corrected chi connectivity index (χ1v) is 8.79. The Labute approximate surface area is 155 Å². The first kappa shape index (κ1) is 19.8. The average Bonchev–Trinajstić information content (AvgIpc) is 2.61. The van der Waals surface area contributed by atoms with Gasteiger partial charge in [-0.1, -0.05) is 30.3 Å². The smallest absolute Gasteiger partial charge is 0.227 e. The highest BCUT2D eigenvalue weighted by Crippen LogP contribution is 2.20. The number of carbonyl (C=O) groups is 1. The minimum atomic E-state index is -0.0859. The molecule has 2 aromatic rings. The minimum Gasteiger partial charge on any atom is -0.496 e. The van der Waals surface area contributed by atoms with E-state index in [0.717, 1.165) is 22.6 Å². The van der Waals surface area contributed by atoms with E-state index in [1.807, 2.05) is 62.4 Å². The molecule has 2 aromatic carbocycles. The normalized spacial score (nSPS) is 10.7. The maximum Gasteiger partial charge on any atom is 0.227 e. The predicted molar refractivity (Wildman–Crippen MR) is 101 cm³/mol. The predicted octanol–water partition coefficient (Wildman–Crippen LogP) is 3.05. The molecular weight excluding hydrogens is 330 g/mol. The van der Waals surface area contributed by atoms with Crippen molar-refractivity contribution in [2.45, 2.75) is 32.9 Å². The number of carbonyl (C=O) groups excluding carboxylic acids is 1. The molecule has 0 atom stereocenters. The number of aliphatic hydroxyl groups excluding tert-OH is 1. The van der Waals surface area contributed by atoms with Crippen molar-refractivity contribution in [2.24, 2.45) is 0 Å². The number of benzene rings is 2. The van der Waals surface area contributed by atoms with Gasteiger partial charge >= 0.3 is 0 Å². The molecule has 1 amide bonds. The molecule has 0 aliphatic rings. The van der Waals surface area contributed by atoms with Gasteiger partial charge in [0.25, 0.3) is 0 Å². The molecule has 0 spiro atoms. The number of para-hydroxylation sites is 1. The second kappa shape index (κ2) is 9.82. The van der Waals surface area contributed by atoms with E-state index in [2.05, 4.69) is 0 Å². The highest BCUT2D eigenvalue weighted by atomic mass is 16.5. The molecular formula is C21H27NO4. The van der Waals surface area contributed by atoms with Crippen molar-refractivity contribution >= 4 is 5.91 Å². The maximum atomic E-state index is 12.8. The monoisotopic (exact) mass is 357 g/mol. The van der Waals surface area contributed by atoms with Crippen LogP contribution < -0.4 is 9.47 Å². The van der Waals surface area contributed by atoms with E-state index < -0.39 is 0 Å². The van der Waals surface area contributed by atoms with E-state index in [1.54, 1.807) is 12.0 Å². The average molecular weight is 357 g/mol. The second-order valence-corrected chi connectivity index (χ2v) is 6.34. The van der Waals surface area contributed by atoms with Gasteiger partial charge in [0, 0.05) is 18.7 Å². The van der Waals surface area contributed by atoms with Gasteiger partial charge < -0.3 is 19.5 Å².